The van der Waals surface area contributed by atoms with Gasteiger partial charge in [0.25, 0.3) is 5.91 Å². The minimum absolute atomic E-state index is 0.132. The second-order valence-corrected chi connectivity index (χ2v) is 6.56. The number of anilines is 2. The Hall–Kier alpha value is -2.43. The van der Waals surface area contributed by atoms with E-state index >= 15 is 0 Å². The number of rotatable bonds is 4. The Labute approximate surface area is 142 Å². The van der Waals surface area contributed by atoms with Crippen LogP contribution >= 0.6 is 0 Å². The molecule has 1 heterocycles. The molecule has 24 heavy (non-hydrogen) atoms. The molecule has 0 radical (unpaired) electrons. The lowest BCUT2D eigenvalue weighted by atomic mass is 9.95. The molecule has 0 spiro atoms. The lowest BCUT2D eigenvalue weighted by molar-refractivity contribution is 0.0921. The van der Waals surface area contributed by atoms with Gasteiger partial charge in [0.1, 0.15) is 0 Å². The maximum Gasteiger partial charge on any atom is 0.272 e. The third-order valence-corrected chi connectivity index (χ3v) is 4.48. The van der Waals surface area contributed by atoms with Gasteiger partial charge in [0.05, 0.1) is 0 Å². The lowest BCUT2D eigenvalue weighted by Gasteiger charge is -2.22. The van der Waals surface area contributed by atoms with Gasteiger partial charge in [-0.25, -0.2) is 0 Å². The van der Waals surface area contributed by atoms with E-state index in [1.165, 1.54) is 24.8 Å². The van der Waals surface area contributed by atoms with Crippen LogP contribution in [0.2, 0.25) is 0 Å². The third kappa shape index (κ3) is 4.10. The lowest BCUT2D eigenvalue weighted by Crippen LogP contribution is -2.36. The SMILES string of the molecule is Cc1ccc(Nc2ccc(C(=O)NC3CCCCC3)nn2)c(C)c1. The molecule has 0 unspecified atom stereocenters. The van der Waals surface area contributed by atoms with Gasteiger partial charge in [-0.3, -0.25) is 4.79 Å². The molecule has 0 saturated heterocycles. The van der Waals surface area contributed by atoms with E-state index in [9.17, 15) is 4.79 Å². The molecule has 2 N–H and O–H groups in total. The number of amides is 1. The molecule has 1 aliphatic carbocycles. The summed E-state index contributed by atoms with van der Waals surface area (Å²) >= 11 is 0. The zero-order chi connectivity index (χ0) is 16.9. The van der Waals surface area contributed by atoms with E-state index in [1.54, 1.807) is 12.1 Å². The Bertz CT molecular complexity index is 706. The first-order valence-electron chi connectivity index (χ1n) is 8.61. The fraction of sp³-hybridized carbons (Fsp3) is 0.421. The van der Waals surface area contributed by atoms with Crippen LogP contribution in [-0.4, -0.2) is 22.1 Å². The maximum atomic E-state index is 12.2. The van der Waals surface area contributed by atoms with Gasteiger partial charge in [-0.2, -0.15) is 0 Å². The van der Waals surface area contributed by atoms with Crippen molar-refractivity contribution >= 4 is 17.4 Å². The largest absolute Gasteiger partial charge is 0.348 e. The van der Waals surface area contributed by atoms with Crippen molar-refractivity contribution in [2.45, 2.75) is 52.0 Å². The van der Waals surface area contributed by atoms with Gasteiger partial charge in [0, 0.05) is 11.7 Å². The minimum Gasteiger partial charge on any atom is -0.348 e. The quantitative estimate of drug-likeness (QED) is 0.895. The van der Waals surface area contributed by atoms with E-state index in [1.807, 2.05) is 6.07 Å². The Kier molecular flexibility index (Phi) is 5.08. The summed E-state index contributed by atoms with van der Waals surface area (Å²) in [5.74, 6) is 0.503. The molecule has 0 bridgehead atoms. The van der Waals surface area contributed by atoms with Crippen LogP contribution in [0.5, 0.6) is 0 Å². The van der Waals surface area contributed by atoms with E-state index in [0.717, 1.165) is 24.1 Å². The molecule has 1 aromatic heterocycles. The van der Waals surface area contributed by atoms with Crippen molar-refractivity contribution in [1.82, 2.24) is 15.5 Å². The highest BCUT2D eigenvalue weighted by atomic mass is 16.2. The summed E-state index contributed by atoms with van der Waals surface area (Å²) in [6.07, 6.45) is 5.77. The van der Waals surface area contributed by atoms with Crippen molar-refractivity contribution in [3.05, 3.63) is 47.2 Å². The Morgan fingerprint density at radius 3 is 2.50 bits per heavy atom. The van der Waals surface area contributed by atoms with Crippen LogP contribution in [0.15, 0.2) is 30.3 Å². The predicted octanol–water partition coefficient (Wildman–Crippen LogP) is 3.90. The average molecular weight is 324 g/mol. The summed E-state index contributed by atoms with van der Waals surface area (Å²) in [5, 5.41) is 14.5. The number of carbonyl (C=O) groups is 1. The van der Waals surface area contributed by atoms with E-state index in [2.05, 4.69) is 46.8 Å². The highest BCUT2D eigenvalue weighted by molar-refractivity contribution is 5.92. The van der Waals surface area contributed by atoms with E-state index in [-0.39, 0.29) is 11.9 Å². The molecule has 0 atom stereocenters. The van der Waals surface area contributed by atoms with E-state index in [0.29, 0.717) is 11.5 Å². The molecule has 126 valence electrons. The molecule has 1 saturated carbocycles. The van der Waals surface area contributed by atoms with Gasteiger partial charge in [-0.15, -0.1) is 10.2 Å². The van der Waals surface area contributed by atoms with Crippen molar-refractivity contribution < 1.29 is 4.79 Å². The predicted molar refractivity (Wildman–Crippen MR) is 95.6 cm³/mol. The number of nitrogens with one attached hydrogen (secondary N) is 2. The second kappa shape index (κ2) is 7.43. The smallest absolute Gasteiger partial charge is 0.272 e. The first kappa shape index (κ1) is 16.4. The van der Waals surface area contributed by atoms with Crippen molar-refractivity contribution in [2.24, 2.45) is 0 Å². The molecule has 5 nitrogen and oxygen atoms in total. The fourth-order valence-electron chi connectivity index (χ4n) is 3.12. The Morgan fingerprint density at radius 1 is 1.04 bits per heavy atom. The average Bonchev–Trinajstić information content (AvgIpc) is 2.59. The van der Waals surface area contributed by atoms with E-state index < -0.39 is 0 Å². The van der Waals surface area contributed by atoms with E-state index in [4.69, 9.17) is 0 Å². The molecule has 1 aromatic carbocycles. The highest BCUT2D eigenvalue weighted by Gasteiger charge is 2.17. The molecule has 2 aromatic rings. The molecule has 1 amide bonds. The normalized spacial score (nSPS) is 15.1. The molecule has 3 rings (SSSR count). The molecule has 5 heteroatoms. The zero-order valence-corrected chi connectivity index (χ0v) is 14.3. The molecule has 0 aliphatic heterocycles. The van der Waals surface area contributed by atoms with Crippen molar-refractivity contribution in [3.63, 3.8) is 0 Å². The van der Waals surface area contributed by atoms with Crippen LogP contribution in [0.25, 0.3) is 0 Å². The summed E-state index contributed by atoms with van der Waals surface area (Å²) in [7, 11) is 0. The molecular formula is C19H24N4O. The summed E-state index contributed by atoms with van der Waals surface area (Å²) in [4.78, 5) is 12.2. The fourth-order valence-corrected chi connectivity index (χ4v) is 3.12. The van der Waals surface area contributed by atoms with Gasteiger partial charge in [-0.05, 0) is 50.5 Å². The van der Waals surface area contributed by atoms with Gasteiger partial charge >= 0.3 is 0 Å². The van der Waals surface area contributed by atoms with Crippen molar-refractivity contribution in [2.75, 3.05) is 5.32 Å². The second-order valence-electron chi connectivity index (χ2n) is 6.56. The monoisotopic (exact) mass is 324 g/mol. The molecule has 1 fully saturated rings. The molecular weight excluding hydrogens is 300 g/mol. The number of benzene rings is 1. The van der Waals surface area contributed by atoms with Crippen LogP contribution in [-0.2, 0) is 0 Å². The number of aromatic nitrogens is 2. The number of carbonyl (C=O) groups excluding carboxylic acids is 1. The number of hydrogen-bond donors (Lipinski definition) is 2. The van der Waals surface area contributed by atoms with Gasteiger partial charge in [-0.1, -0.05) is 37.0 Å². The highest BCUT2D eigenvalue weighted by Crippen LogP contribution is 2.20. The topological polar surface area (TPSA) is 66.9 Å². The summed E-state index contributed by atoms with van der Waals surface area (Å²) in [6.45, 7) is 4.12. The van der Waals surface area contributed by atoms with Crippen LogP contribution in [0.1, 0.15) is 53.7 Å². The van der Waals surface area contributed by atoms with Crippen LogP contribution in [0, 0.1) is 13.8 Å². The molecule has 1 aliphatic rings. The van der Waals surface area contributed by atoms with Gasteiger partial charge < -0.3 is 10.6 Å². The standard InChI is InChI=1S/C19H24N4O/c1-13-8-9-16(14(2)12-13)21-18-11-10-17(22-23-18)19(24)20-15-6-4-3-5-7-15/h8-12,15H,3-7H2,1-2H3,(H,20,24)(H,21,23). The van der Waals surface area contributed by atoms with Crippen LogP contribution in [0.3, 0.4) is 0 Å². The first-order chi connectivity index (χ1) is 11.6. The minimum atomic E-state index is -0.132. The first-order valence-corrected chi connectivity index (χ1v) is 8.61. The number of aryl methyl sites for hydroxylation is 2. The summed E-state index contributed by atoms with van der Waals surface area (Å²) in [6, 6.07) is 9.98. The number of hydrogen-bond acceptors (Lipinski definition) is 4. The third-order valence-electron chi connectivity index (χ3n) is 4.48. The summed E-state index contributed by atoms with van der Waals surface area (Å²) in [5.41, 5.74) is 3.73. The van der Waals surface area contributed by atoms with Crippen LogP contribution < -0.4 is 10.6 Å². The number of nitrogens with zero attached hydrogens (tertiary/aromatic N) is 2. The van der Waals surface area contributed by atoms with Crippen molar-refractivity contribution in [3.8, 4) is 0 Å². The Morgan fingerprint density at radius 2 is 1.83 bits per heavy atom. The Balaban J connectivity index is 1.63. The maximum absolute atomic E-state index is 12.2. The summed E-state index contributed by atoms with van der Waals surface area (Å²) < 4.78 is 0. The zero-order valence-electron chi connectivity index (χ0n) is 14.3. The van der Waals surface area contributed by atoms with Crippen molar-refractivity contribution in [1.29, 1.82) is 0 Å². The van der Waals surface area contributed by atoms with Gasteiger partial charge in [0.2, 0.25) is 0 Å². The van der Waals surface area contributed by atoms with Gasteiger partial charge in [0.15, 0.2) is 11.5 Å². The van der Waals surface area contributed by atoms with Crippen LogP contribution in [0.4, 0.5) is 11.5 Å².